The van der Waals surface area contributed by atoms with E-state index in [9.17, 15) is 0 Å². The summed E-state index contributed by atoms with van der Waals surface area (Å²) in [6.07, 6.45) is 3.73. The molecule has 4 rings (SSSR count). The molecule has 0 amide bonds. The molecule has 1 atom stereocenters. The van der Waals surface area contributed by atoms with E-state index in [2.05, 4.69) is 25.4 Å². The zero-order chi connectivity index (χ0) is 16.4. The summed E-state index contributed by atoms with van der Waals surface area (Å²) < 4.78 is 16.3. The molecule has 1 N–H and O–H groups in total. The van der Waals surface area contributed by atoms with Crippen molar-refractivity contribution in [1.29, 1.82) is 0 Å². The lowest BCUT2D eigenvalue weighted by Gasteiger charge is -2.21. The van der Waals surface area contributed by atoms with Crippen LogP contribution in [0, 0.1) is 6.92 Å². The van der Waals surface area contributed by atoms with Gasteiger partial charge in [-0.15, -0.1) is 0 Å². The Morgan fingerprint density at radius 2 is 1.96 bits per heavy atom. The smallest absolute Gasteiger partial charge is 0.261 e. The van der Waals surface area contributed by atoms with Crippen molar-refractivity contribution in [2.24, 2.45) is 0 Å². The Bertz CT molecular complexity index is 693. The quantitative estimate of drug-likeness (QED) is 0.901. The molecule has 24 heavy (non-hydrogen) atoms. The molecule has 8 nitrogen and oxygen atoms in total. The molecule has 0 aromatic carbocycles. The standard InChI is InChI=1S/C16H21N5O3/c1-10-12(8-18-14(19-10)11-2-5-22-6-3-11)16-20-15(21-24-16)13-9-23-7-4-17-13/h8,11,13,17H,2-7,9H2,1H3. The summed E-state index contributed by atoms with van der Waals surface area (Å²) in [6.45, 7) is 5.55. The van der Waals surface area contributed by atoms with E-state index in [4.69, 9.17) is 14.0 Å². The molecule has 1 unspecified atom stereocenters. The van der Waals surface area contributed by atoms with E-state index in [0.29, 0.717) is 30.8 Å². The second kappa shape index (κ2) is 6.92. The third-order valence-corrected chi connectivity index (χ3v) is 4.49. The molecule has 0 bridgehead atoms. The van der Waals surface area contributed by atoms with Crippen molar-refractivity contribution in [3.8, 4) is 11.5 Å². The minimum Gasteiger partial charge on any atom is -0.381 e. The third-order valence-electron chi connectivity index (χ3n) is 4.49. The van der Waals surface area contributed by atoms with Gasteiger partial charge in [0, 0.05) is 31.9 Å². The molecule has 4 heterocycles. The molecular formula is C16H21N5O3. The first-order chi connectivity index (χ1) is 11.8. The van der Waals surface area contributed by atoms with Crippen molar-refractivity contribution in [2.75, 3.05) is 33.0 Å². The van der Waals surface area contributed by atoms with Gasteiger partial charge in [0.05, 0.1) is 30.5 Å². The molecule has 0 saturated carbocycles. The van der Waals surface area contributed by atoms with Crippen molar-refractivity contribution >= 4 is 0 Å². The molecule has 2 aliphatic heterocycles. The van der Waals surface area contributed by atoms with Crippen LogP contribution in [0.4, 0.5) is 0 Å². The first-order valence-corrected chi connectivity index (χ1v) is 8.37. The second-order valence-electron chi connectivity index (χ2n) is 6.15. The van der Waals surface area contributed by atoms with Gasteiger partial charge in [0.25, 0.3) is 5.89 Å². The number of nitrogens with zero attached hydrogens (tertiary/aromatic N) is 4. The Hall–Kier alpha value is -1.90. The van der Waals surface area contributed by atoms with E-state index in [1.807, 2.05) is 6.92 Å². The summed E-state index contributed by atoms with van der Waals surface area (Å²) in [5.74, 6) is 2.31. The van der Waals surface area contributed by atoms with Crippen LogP contribution in [0.2, 0.25) is 0 Å². The number of aryl methyl sites for hydroxylation is 1. The van der Waals surface area contributed by atoms with E-state index < -0.39 is 0 Å². The number of aromatic nitrogens is 4. The number of morpholine rings is 1. The summed E-state index contributed by atoms with van der Waals surface area (Å²) in [4.78, 5) is 13.7. The zero-order valence-electron chi connectivity index (χ0n) is 13.7. The van der Waals surface area contributed by atoms with Crippen LogP contribution in [0.25, 0.3) is 11.5 Å². The van der Waals surface area contributed by atoms with Gasteiger partial charge >= 0.3 is 0 Å². The maximum atomic E-state index is 5.44. The van der Waals surface area contributed by atoms with Crippen LogP contribution in [0.1, 0.15) is 42.1 Å². The lowest BCUT2D eigenvalue weighted by atomic mass is 9.99. The van der Waals surface area contributed by atoms with E-state index >= 15 is 0 Å². The van der Waals surface area contributed by atoms with E-state index in [1.165, 1.54) is 0 Å². The molecule has 8 heteroatoms. The molecule has 128 valence electrons. The highest BCUT2D eigenvalue weighted by molar-refractivity contribution is 5.54. The highest BCUT2D eigenvalue weighted by Gasteiger charge is 2.24. The van der Waals surface area contributed by atoms with Gasteiger partial charge in [-0.1, -0.05) is 5.16 Å². The SMILES string of the molecule is Cc1nc(C2CCOCC2)ncc1-c1nc(C2COCCN2)no1. The summed E-state index contributed by atoms with van der Waals surface area (Å²) in [5.41, 5.74) is 1.64. The maximum Gasteiger partial charge on any atom is 0.261 e. The molecule has 2 aromatic heterocycles. The normalized spacial score (nSPS) is 22.6. The average Bonchev–Trinajstić information content (AvgIpc) is 3.13. The fourth-order valence-corrected chi connectivity index (χ4v) is 3.06. The number of ether oxygens (including phenoxy) is 2. The van der Waals surface area contributed by atoms with Crippen molar-refractivity contribution in [3.63, 3.8) is 0 Å². The lowest BCUT2D eigenvalue weighted by molar-refractivity contribution is 0.0734. The minimum atomic E-state index is -0.0287. The van der Waals surface area contributed by atoms with Crippen LogP contribution >= 0.6 is 0 Å². The summed E-state index contributed by atoms with van der Waals surface area (Å²) in [5, 5.41) is 7.38. The molecule has 0 aliphatic carbocycles. The van der Waals surface area contributed by atoms with Crippen LogP contribution < -0.4 is 5.32 Å². The number of nitrogens with one attached hydrogen (secondary N) is 1. The zero-order valence-corrected chi connectivity index (χ0v) is 13.7. The molecule has 2 aromatic rings. The summed E-state index contributed by atoms with van der Waals surface area (Å²) >= 11 is 0. The fraction of sp³-hybridized carbons (Fsp3) is 0.625. The van der Waals surface area contributed by atoms with Crippen LogP contribution in [0.3, 0.4) is 0 Å². The van der Waals surface area contributed by atoms with Gasteiger partial charge in [0.15, 0.2) is 5.82 Å². The Kier molecular flexibility index (Phi) is 4.50. The van der Waals surface area contributed by atoms with Crippen molar-refractivity contribution < 1.29 is 14.0 Å². The van der Waals surface area contributed by atoms with E-state index in [-0.39, 0.29) is 6.04 Å². The molecule has 2 saturated heterocycles. The number of hydrogen-bond acceptors (Lipinski definition) is 8. The predicted molar refractivity (Wildman–Crippen MR) is 84.4 cm³/mol. The highest BCUT2D eigenvalue weighted by Crippen LogP contribution is 2.27. The van der Waals surface area contributed by atoms with Crippen LogP contribution in [-0.4, -0.2) is 53.1 Å². The van der Waals surface area contributed by atoms with Gasteiger partial charge in [-0.3, -0.25) is 0 Å². The van der Waals surface area contributed by atoms with Gasteiger partial charge in [0.1, 0.15) is 5.82 Å². The van der Waals surface area contributed by atoms with E-state index in [0.717, 1.165) is 49.7 Å². The molecular weight excluding hydrogens is 310 g/mol. The van der Waals surface area contributed by atoms with Crippen LogP contribution in [0.15, 0.2) is 10.7 Å². The number of hydrogen-bond donors (Lipinski definition) is 1. The Labute approximate surface area is 140 Å². The van der Waals surface area contributed by atoms with Crippen LogP contribution in [-0.2, 0) is 9.47 Å². The summed E-state index contributed by atoms with van der Waals surface area (Å²) in [7, 11) is 0. The van der Waals surface area contributed by atoms with Crippen molar-refractivity contribution in [1.82, 2.24) is 25.4 Å². The van der Waals surface area contributed by atoms with Gasteiger partial charge in [-0.2, -0.15) is 4.98 Å². The number of rotatable bonds is 3. The lowest BCUT2D eigenvalue weighted by Crippen LogP contribution is -2.35. The topological polar surface area (TPSA) is 95.2 Å². The highest BCUT2D eigenvalue weighted by atomic mass is 16.5. The molecule has 0 radical (unpaired) electrons. The van der Waals surface area contributed by atoms with Gasteiger partial charge in [-0.25, -0.2) is 9.97 Å². The van der Waals surface area contributed by atoms with Crippen molar-refractivity contribution in [3.05, 3.63) is 23.5 Å². The van der Waals surface area contributed by atoms with Crippen LogP contribution in [0.5, 0.6) is 0 Å². The van der Waals surface area contributed by atoms with Gasteiger partial charge in [0.2, 0.25) is 0 Å². The van der Waals surface area contributed by atoms with E-state index in [1.54, 1.807) is 6.20 Å². The Balaban J connectivity index is 1.54. The third kappa shape index (κ3) is 3.17. The molecule has 2 aliphatic rings. The monoisotopic (exact) mass is 331 g/mol. The Morgan fingerprint density at radius 3 is 2.71 bits per heavy atom. The maximum absolute atomic E-state index is 5.44. The van der Waals surface area contributed by atoms with Crippen molar-refractivity contribution in [2.45, 2.75) is 31.7 Å². The average molecular weight is 331 g/mol. The van der Waals surface area contributed by atoms with Gasteiger partial charge < -0.3 is 19.3 Å². The first-order valence-electron chi connectivity index (χ1n) is 8.37. The van der Waals surface area contributed by atoms with Gasteiger partial charge in [-0.05, 0) is 19.8 Å². The summed E-state index contributed by atoms with van der Waals surface area (Å²) in [6, 6.07) is -0.0287. The predicted octanol–water partition coefficient (Wildman–Crippen LogP) is 1.39. The Morgan fingerprint density at radius 1 is 1.08 bits per heavy atom. The largest absolute Gasteiger partial charge is 0.381 e. The molecule has 2 fully saturated rings. The first kappa shape index (κ1) is 15.6. The fourth-order valence-electron chi connectivity index (χ4n) is 3.06. The second-order valence-corrected chi connectivity index (χ2v) is 6.15. The molecule has 0 spiro atoms. The minimum absolute atomic E-state index is 0.0287.